The average molecular weight is 305 g/mol. The summed E-state index contributed by atoms with van der Waals surface area (Å²) in [6.45, 7) is 10.0. The third-order valence-corrected chi connectivity index (χ3v) is 4.64. The number of fused-ring (bicyclic) bond motifs is 1. The Morgan fingerprint density at radius 1 is 1.27 bits per heavy atom. The number of piperazine rings is 1. The van der Waals surface area contributed by atoms with E-state index in [2.05, 4.69) is 28.1 Å². The zero-order chi connectivity index (χ0) is 15.4. The minimum atomic E-state index is -0.416. The van der Waals surface area contributed by atoms with Crippen LogP contribution in [-0.4, -0.2) is 62.4 Å². The first-order chi connectivity index (χ1) is 10.8. The van der Waals surface area contributed by atoms with E-state index in [9.17, 15) is 5.11 Å². The fraction of sp³-hybridized carbons (Fsp3) is 0.647. The molecule has 1 aromatic rings. The second kappa shape index (κ2) is 7.31. The van der Waals surface area contributed by atoms with Gasteiger partial charge < -0.3 is 25.0 Å². The Bertz CT molecular complexity index is 489. The van der Waals surface area contributed by atoms with Crippen molar-refractivity contribution in [3.8, 4) is 5.75 Å². The molecule has 0 aliphatic carbocycles. The number of hydrogen-bond donors (Lipinski definition) is 2. The van der Waals surface area contributed by atoms with Crippen LogP contribution in [-0.2, 0) is 0 Å². The Morgan fingerprint density at radius 2 is 2.09 bits per heavy atom. The van der Waals surface area contributed by atoms with E-state index in [-0.39, 0.29) is 0 Å². The Hall–Kier alpha value is -1.30. The Kier molecular flexibility index (Phi) is 5.18. The van der Waals surface area contributed by atoms with Gasteiger partial charge in [0.2, 0.25) is 0 Å². The van der Waals surface area contributed by atoms with Crippen molar-refractivity contribution in [2.75, 3.05) is 57.3 Å². The Morgan fingerprint density at radius 3 is 2.86 bits per heavy atom. The van der Waals surface area contributed by atoms with Gasteiger partial charge >= 0.3 is 0 Å². The van der Waals surface area contributed by atoms with Crippen LogP contribution in [0.3, 0.4) is 0 Å². The van der Waals surface area contributed by atoms with E-state index in [1.807, 2.05) is 12.1 Å². The van der Waals surface area contributed by atoms with Crippen LogP contribution >= 0.6 is 0 Å². The predicted molar refractivity (Wildman–Crippen MR) is 88.7 cm³/mol. The number of hydrogen-bond acceptors (Lipinski definition) is 5. The third-order valence-electron chi connectivity index (χ3n) is 4.64. The quantitative estimate of drug-likeness (QED) is 0.857. The molecule has 3 rings (SSSR count). The van der Waals surface area contributed by atoms with Crippen molar-refractivity contribution in [2.24, 2.45) is 0 Å². The van der Waals surface area contributed by atoms with E-state index in [4.69, 9.17) is 4.74 Å². The lowest BCUT2D eigenvalue weighted by molar-refractivity contribution is 0.136. The van der Waals surface area contributed by atoms with Gasteiger partial charge in [-0.2, -0.15) is 0 Å². The minimum absolute atomic E-state index is 0.416. The van der Waals surface area contributed by atoms with Crippen LogP contribution in [0.15, 0.2) is 18.2 Å². The van der Waals surface area contributed by atoms with Gasteiger partial charge in [-0.05, 0) is 31.0 Å². The van der Waals surface area contributed by atoms with Crippen molar-refractivity contribution in [1.29, 1.82) is 0 Å². The van der Waals surface area contributed by atoms with Gasteiger partial charge in [0.1, 0.15) is 12.4 Å². The normalized spacial score (nSPS) is 20.4. The van der Waals surface area contributed by atoms with E-state index < -0.39 is 6.10 Å². The second-order valence-electron chi connectivity index (χ2n) is 6.05. The Balaban J connectivity index is 1.61. The molecule has 0 radical (unpaired) electrons. The van der Waals surface area contributed by atoms with Crippen LogP contribution in [0.25, 0.3) is 0 Å². The van der Waals surface area contributed by atoms with Crippen LogP contribution in [0, 0.1) is 0 Å². The van der Waals surface area contributed by atoms with Crippen molar-refractivity contribution >= 4 is 5.69 Å². The molecule has 1 aromatic carbocycles. The number of likely N-dealkylation sites (N-methyl/N-ethyl adjacent to an activating group) is 1. The molecule has 0 amide bonds. The molecule has 1 unspecified atom stereocenters. The third kappa shape index (κ3) is 3.54. The van der Waals surface area contributed by atoms with Gasteiger partial charge in [-0.3, -0.25) is 0 Å². The molecule has 2 N–H and O–H groups in total. The fourth-order valence-corrected chi connectivity index (χ4v) is 3.24. The van der Waals surface area contributed by atoms with Crippen molar-refractivity contribution in [3.63, 3.8) is 0 Å². The van der Waals surface area contributed by atoms with Gasteiger partial charge in [0, 0.05) is 39.3 Å². The lowest BCUT2D eigenvalue weighted by Gasteiger charge is -2.31. The molecule has 1 atom stereocenters. The van der Waals surface area contributed by atoms with Gasteiger partial charge in [0.15, 0.2) is 0 Å². The van der Waals surface area contributed by atoms with Crippen molar-refractivity contribution < 1.29 is 9.84 Å². The minimum Gasteiger partial charge on any atom is -0.490 e. The molecule has 122 valence electrons. The molecule has 0 aromatic heterocycles. The SMILES string of the molecule is CCN1CCOc2cc(C(O)CCN3CCNCC3)ccc21. The van der Waals surface area contributed by atoms with Gasteiger partial charge in [-0.25, -0.2) is 0 Å². The number of nitrogens with zero attached hydrogens (tertiary/aromatic N) is 2. The fourth-order valence-electron chi connectivity index (χ4n) is 3.24. The average Bonchev–Trinajstić information content (AvgIpc) is 2.59. The molecular formula is C17H27N3O2. The summed E-state index contributed by atoms with van der Waals surface area (Å²) in [7, 11) is 0. The zero-order valence-electron chi connectivity index (χ0n) is 13.4. The molecule has 2 aliphatic rings. The van der Waals surface area contributed by atoms with Crippen LogP contribution in [0.2, 0.25) is 0 Å². The topological polar surface area (TPSA) is 48.0 Å². The molecule has 5 heteroatoms. The van der Waals surface area contributed by atoms with Crippen molar-refractivity contribution in [1.82, 2.24) is 10.2 Å². The highest BCUT2D eigenvalue weighted by atomic mass is 16.5. The highest BCUT2D eigenvalue weighted by Crippen LogP contribution is 2.34. The summed E-state index contributed by atoms with van der Waals surface area (Å²) in [5, 5.41) is 13.8. The van der Waals surface area contributed by atoms with Crippen LogP contribution in [0.4, 0.5) is 5.69 Å². The van der Waals surface area contributed by atoms with Gasteiger partial charge in [-0.1, -0.05) is 6.07 Å². The summed E-state index contributed by atoms with van der Waals surface area (Å²) in [6, 6.07) is 6.14. The van der Waals surface area contributed by atoms with E-state index in [1.165, 1.54) is 0 Å². The van der Waals surface area contributed by atoms with Gasteiger partial charge in [0.05, 0.1) is 18.3 Å². The second-order valence-corrected chi connectivity index (χ2v) is 6.05. The maximum absolute atomic E-state index is 10.5. The maximum Gasteiger partial charge on any atom is 0.143 e. The summed E-state index contributed by atoms with van der Waals surface area (Å²) >= 11 is 0. The van der Waals surface area contributed by atoms with Crippen molar-refractivity contribution in [3.05, 3.63) is 23.8 Å². The van der Waals surface area contributed by atoms with Crippen LogP contribution in [0.5, 0.6) is 5.75 Å². The van der Waals surface area contributed by atoms with E-state index in [0.717, 1.165) is 75.8 Å². The highest BCUT2D eigenvalue weighted by Gasteiger charge is 2.19. The monoisotopic (exact) mass is 305 g/mol. The molecule has 0 bridgehead atoms. The van der Waals surface area contributed by atoms with E-state index >= 15 is 0 Å². The zero-order valence-corrected chi connectivity index (χ0v) is 13.4. The molecular weight excluding hydrogens is 278 g/mol. The van der Waals surface area contributed by atoms with Crippen molar-refractivity contribution in [2.45, 2.75) is 19.4 Å². The highest BCUT2D eigenvalue weighted by molar-refractivity contribution is 5.61. The molecule has 0 spiro atoms. The molecule has 22 heavy (non-hydrogen) atoms. The Labute approximate surface area is 132 Å². The first-order valence-corrected chi connectivity index (χ1v) is 8.40. The summed E-state index contributed by atoms with van der Waals surface area (Å²) < 4.78 is 5.77. The van der Waals surface area contributed by atoms with Gasteiger partial charge in [-0.15, -0.1) is 0 Å². The molecule has 2 heterocycles. The summed E-state index contributed by atoms with van der Waals surface area (Å²) in [5.41, 5.74) is 2.11. The number of aliphatic hydroxyl groups excluding tert-OH is 1. The molecule has 5 nitrogen and oxygen atoms in total. The molecule has 2 aliphatic heterocycles. The summed E-state index contributed by atoms with van der Waals surface area (Å²) in [5.74, 6) is 0.909. The number of benzene rings is 1. The molecule has 1 fully saturated rings. The smallest absolute Gasteiger partial charge is 0.143 e. The summed E-state index contributed by atoms with van der Waals surface area (Å²) in [4.78, 5) is 4.73. The molecule has 0 saturated carbocycles. The first kappa shape index (κ1) is 15.6. The largest absolute Gasteiger partial charge is 0.490 e. The summed E-state index contributed by atoms with van der Waals surface area (Å²) in [6.07, 6.45) is 0.358. The number of nitrogens with one attached hydrogen (secondary N) is 1. The first-order valence-electron chi connectivity index (χ1n) is 8.40. The maximum atomic E-state index is 10.5. The number of anilines is 1. The number of aliphatic hydroxyl groups is 1. The van der Waals surface area contributed by atoms with Crippen LogP contribution in [0.1, 0.15) is 25.0 Å². The van der Waals surface area contributed by atoms with Gasteiger partial charge in [0.25, 0.3) is 0 Å². The number of ether oxygens (including phenoxy) is 1. The van der Waals surface area contributed by atoms with E-state index in [0.29, 0.717) is 0 Å². The van der Waals surface area contributed by atoms with E-state index in [1.54, 1.807) is 0 Å². The van der Waals surface area contributed by atoms with Crippen LogP contribution < -0.4 is 15.0 Å². The molecule has 1 saturated heterocycles. The lowest BCUT2D eigenvalue weighted by Crippen LogP contribution is -2.44. The number of rotatable bonds is 5. The predicted octanol–water partition coefficient (Wildman–Crippen LogP) is 1.23. The standard InChI is InChI=1S/C17H27N3O2/c1-2-20-11-12-22-17-13-14(3-4-15(17)20)16(21)5-8-19-9-6-18-7-10-19/h3-4,13,16,18,21H,2,5-12H2,1H3. The lowest BCUT2D eigenvalue weighted by atomic mass is 10.0.